The van der Waals surface area contributed by atoms with Crippen LogP contribution in [0.4, 0.5) is 0 Å². The Labute approximate surface area is 116 Å². The van der Waals surface area contributed by atoms with Crippen molar-refractivity contribution in [3.8, 4) is 0 Å². The van der Waals surface area contributed by atoms with Gasteiger partial charge in [0.05, 0.1) is 0 Å². The molecule has 0 radical (unpaired) electrons. The van der Waals surface area contributed by atoms with Crippen molar-refractivity contribution >= 4 is 0 Å². The molecule has 0 aliphatic heterocycles. The average Bonchev–Trinajstić information content (AvgIpc) is 2.45. The number of hydrogen-bond donors (Lipinski definition) is 1. The molecule has 0 fully saturated rings. The molecule has 0 aliphatic rings. The molecule has 0 heterocycles. The lowest BCUT2D eigenvalue weighted by Gasteiger charge is -2.16. The Morgan fingerprint density at radius 3 is 2.21 bits per heavy atom. The number of benzene rings is 2. The minimum Gasteiger partial charge on any atom is -0.306 e. The highest BCUT2D eigenvalue weighted by Crippen LogP contribution is 2.15. The van der Waals surface area contributed by atoms with Crippen LogP contribution in [0.3, 0.4) is 0 Å². The van der Waals surface area contributed by atoms with E-state index in [2.05, 4.69) is 74.6 Å². The van der Waals surface area contributed by atoms with Crippen LogP contribution in [0.15, 0.2) is 48.5 Å². The minimum atomic E-state index is 0.380. The van der Waals surface area contributed by atoms with Gasteiger partial charge in [-0.3, -0.25) is 0 Å². The van der Waals surface area contributed by atoms with Gasteiger partial charge in [-0.25, -0.2) is 0 Å². The first-order chi connectivity index (χ1) is 9.20. The molecule has 19 heavy (non-hydrogen) atoms. The lowest BCUT2D eigenvalue weighted by Crippen LogP contribution is -2.18. The first kappa shape index (κ1) is 13.8. The fraction of sp³-hybridized carbons (Fsp3) is 0.333. The first-order valence-electron chi connectivity index (χ1n) is 7.07. The molecular formula is C18H23N. The lowest BCUT2D eigenvalue weighted by atomic mass is 10.0. The number of hydrogen-bond acceptors (Lipinski definition) is 1. The Kier molecular flexibility index (Phi) is 4.75. The lowest BCUT2D eigenvalue weighted by molar-refractivity contribution is 0.572. The van der Waals surface area contributed by atoms with Gasteiger partial charge in [-0.15, -0.1) is 0 Å². The molecule has 0 saturated heterocycles. The molecule has 0 unspecified atom stereocenters. The summed E-state index contributed by atoms with van der Waals surface area (Å²) in [7, 11) is 0. The van der Waals surface area contributed by atoms with Gasteiger partial charge in [0.1, 0.15) is 0 Å². The monoisotopic (exact) mass is 253 g/mol. The van der Waals surface area contributed by atoms with E-state index in [0.717, 1.165) is 13.0 Å². The molecule has 0 aromatic heterocycles. The first-order valence-corrected chi connectivity index (χ1v) is 7.07. The third kappa shape index (κ3) is 3.68. The van der Waals surface area contributed by atoms with E-state index in [1.165, 1.54) is 22.3 Å². The fourth-order valence-corrected chi connectivity index (χ4v) is 2.31. The second-order valence-electron chi connectivity index (χ2n) is 5.14. The standard InChI is InChI=1S/C18H23N/c1-4-16-7-5-6-8-18(16)13-19-15(3)17-11-9-14(2)10-12-17/h5-12,15,19H,4,13H2,1-3H3/t15-/m1/s1. The van der Waals surface area contributed by atoms with Crippen molar-refractivity contribution in [3.63, 3.8) is 0 Å². The summed E-state index contributed by atoms with van der Waals surface area (Å²) in [6.45, 7) is 7.49. The van der Waals surface area contributed by atoms with Gasteiger partial charge < -0.3 is 5.32 Å². The van der Waals surface area contributed by atoms with Crippen molar-refractivity contribution in [3.05, 3.63) is 70.8 Å². The summed E-state index contributed by atoms with van der Waals surface area (Å²) in [6.07, 6.45) is 1.09. The summed E-state index contributed by atoms with van der Waals surface area (Å²) in [5, 5.41) is 3.61. The van der Waals surface area contributed by atoms with Crippen molar-refractivity contribution in [1.29, 1.82) is 0 Å². The van der Waals surface area contributed by atoms with Gasteiger partial charge in [0.15, 0.2) is 0 Å². The molecule has 1 atom stereocenters. The van der Waals surface area contributed by atoms with Crippen molar-refractivity contribution in [2.75, 3.05) is 0 Å². The maximum atomic E-state index is 3.61. The summed E-state index contributed by atoms with van der Waals surface area (Å²) in [5.41, 5.74) is 5.50. The van der Waals surface area contributed by atoms with E-state index in [9.17, 15) is 0 Å². The zero-order chi connectivity index (χ0) is 13.7. The molecule has 100 valence electrons. The van der Waals surface area contributed by atoms with E-state index in [1.54, 1.807) is 0 Å². The zero-order valence-electron chi connectivity index (χ0n) is 12.1. The highest BCUT2D eigenvalue weighted by Gasteiger charge is 2.05. The Hall–Kier alpha value is -1.60. The van der Waals surface area contributed by atoms with E-state index in [0.29, 0.717) is 6.04 Å². The summed E-state index contributed by atoms with van der Waals surface area (Å²) in [6, 6.07) is 17.8. The predicted molar refractivity (Wildman–Crippen MR) is 82.3 cm³/mol. The van der Waals surface area contributed by atoms with Crippen LogP contribution in [0, 0.1) is 6.92 Å². The summed E-state index contributed by atoms with van der Waals surface area (Å²) in [5.74, 6) is 0. The summed E-state index contributed by atoms with van der Waals surface area (Å²) < 4.78 is 0. The molecule has 0 bridgehead atoms. The maximum absolute atomic E-state index is 3.61. The third-order valence-electron chi connectivity index (χ3n) is 3.68. The van der Waals surface area contributed by atoms with Gasteiger partial charge in [-0.2, -0.15) is 0 Å². The van der Waals surface area contributed by atoms with Crippen LogP contribution in [0.2, 0.25) is 0 Å². The minimum absolute atomic E-state index is 0.380. The van der Waals surface area contributed by atoms with Crippen LogP contribution < -0.4 is 5.32 Å². The predicted octanol–water partition coefficient (Wildman–Crippen LogP) is 4.41. The highest BCUT2D eigenvalue weighted by molar-refractivity contribution is 5.28. The van der Waals surface area contributed by atoms with Gasteiger partial charge >= 0.3 is 0 Å². The zero-order valence-corrected chi connectivity index (χ0v) is 12.1. The van der Waals surface area contributed by atoms with E-state index in [1.807, 2.05) is 0 Å². The molecule has 2 aromatic rings. The Morgan fingerprint density at radius 2 is 1.58 bits per heavy atom. The normalized spacial score (nSPS) is 12.4. The summed E-state index contributed by atoms with van der Waals surface area (Å²) in [4.78, 5) is 0. The second-order valence-corrected chi connectivity index (χ2v) is 5.14. The van der Waals surface area contributed by atoms with Crippen LogP contribution in [0.25, 0.3) is 0 Å². The van der Waals surface area contributed by atoms with Crippen LogP contribution in [-0.2, 0) is 13.0 Å². The Morgan fingerprint density at radius 1 is 0.947 bits per heavy atom. The van der Waals surface area contributed by atoms with Gasteiger partial charge in [-0.1, -0.05) is 61.0 Å². The molecule has 0 spiro atoms. The fourth-order valence-electron chi connectivity index (χ4n) is 2.31. The summed E-state index contributed by atoms with van der Waals surface area (Å²) >= 11 is 0. The maximum Gasteiger partial charge on any atom is 0.0294 e. The van der Waals surface area contributed by atoms with Crippen molar-refractivity contribution in [2.45, 2.75) is 39.8 Å². The second kappa shape index (κ2) is 6.53. The van der Waals surface area contributed by atoms with Crippen molar-refractivity contribution in [2.24, 2.45) is 0 Å². The molecule has 0 aliphatic carbocycles. The molecule has 1 N–H and O–H groups in total. The van der Waals surface area contributed by atoms with Crippen LogP contribution in [0.5, 0.6) is 0 Å². The van der Waals surface area contributed by atoms with Gasteiger partial charge in [0.2, 0.25) is 0 Å². The topological polar surface area (TPSA) is 12.0 Å². The van der Waals surface area contributed by atoms with Gasteiger partial charge in [0.25, 0.3) is 0 Å². The molecule has 2 aromatic carbocycles. The van der Waals surface area contributed by atoms with Gasteiger partial charge in [-0.05, 0) is 37.0 Å². The highest BCUT2D eigenvalue weighted by atomic mass is 14.9. The molecule has 0 amide bonds. The molecule has 1 heteroatoms. The largest absolute Gasteiger partial charge is 0.306 e. The molecule has 2 rings (SSSR count). The van der Waals surface area contributed by atoms with E-state index in [4.69, 9.17) is 0 Å². The number of rotatable bonds is 5. The van der Waals surface area contributed by atoms with E-state index < -0.39 is 0 Å². The Bertz CT molecular complexity index is 513. The smallest absolute Gasteiger partial charge is 0.0294 e. The van der Waals surface area contributed by atoms with Crippen molar-refractivity contribution in [1.82, 2.24) is 5.32 Å². The SMILES string of the molecule is CCc1ccccc1CN[C@H](C)c1ccc(C)cc1. The van der Waals surface area contributed by atoms with Crippen LogP contribution in [-0.4, -0.2) is 0 Å². The molecular weight excluding hydrogens is 230 g/mol. The molecule has 1 nitrogen and oxygen atoms in total. The number of aryl methyl sites for hydroxylation is 2. The quantitative estimate of drug-likeness (QED) is 0.832. The van der Waals surface area contributed by atoms with Gasteiger partial charge in [0, 0.05) is 12.6 Å². The molecule has 0 saturated carbocycles. The Balaban J connectivity index is 2.00. The third-order valence-corrected chi connectivity index (χ3v) is 3.68. The average molecular weight is 253 g/mol. The number of nitrogens with one attached hydrogen (secondary N) is 1. The van der Waals surface area contributed by atoms with Crippen LogP contribution in [0.1, 0.15) is 42.1 Å². The van der Waals surface area contributed by atoms with E-state index in [-0.39, 0.29) is 0 Å². The van der Waals surface area contributed by atoms with Crippen LogP contribution >= 0.6 is 0 Å². The van der Waals surface area contributed by atoms with Crippen molar-refractivity contribution < 1.29 is 0 Å². The van der Waals surface area contributed by atoms with E-state index >= 15 is 0 Å².